The van der Waals surface area contributed by atoms with Crippen molar-refractivity contribution < 1.29 is 0 Å². The van der Waals surface area contributed by atoms with Gasteiger partial charge in [-0.05, 0) is 24.2 Å². The van der Waals surface area contributed by atoms with Crippen LogP contribution in [-0.4, -0.2) is 36.1 Å². The highest BCUT2D eigenvalue weighted by Gasteiger charge is 2.38. The van der Waals surface area contributed by atoms with Gasteiger partial charge >= 0.3 is 0 Å². The van der Waals surface area contributed by atoms with E-state index in [2.05, 4.69) is 44.8 Å². The second kappa shape index (κ2) is 6.79. The Hall–Kier alpha value is -0.0800. The lowest BCUT2D eigenvalue weighted by Crippen LogP contribution is -2.64. The molecule has 0 spiro atoms. The second-order valence-electron chi connectivity index (χ2n) is 8.27. The van der Waals surface area contributed by atoms with Gasteiger partial charge in [0, 0.05) is 31.2 Å². The molecule has 0 amide bonds. The smallest absolute Gasteiger partial charge is 0.0249 e. The third kappa shape index (κ3) is 3.76. The van der Waals surface area contributed by atoms with Crippen molar-refractivity contribution in [3.05, 3.63) is 0 Å². The Morgan fingerprint density at radius 3 is 2.35 bits per heavy atom. The monoisotopic (exact) mass is 280 g/mol. The van der Waals surface area contributed by atoms with E-state index >= 15 is 0 Å². The van der Waals surface area contributed by atoms with Gasteiger partial charge in [0.05, 0.1) is 0 Å². The van der Waals surface area contributed by atoms with Crippen molar-refractivity contribution >= 4 is 0 Å². The summed E-state index contributed by atoms with van der Waals surface area (Å²) in [6.07, 6.45) is 8.52. The Balaban J connectivity index is 2.09. The summed E-state index contributed by atoms with van der Waals surface area (Å²) in [6, 6.07) is 2.25. The molecule has 0 bridgehead atoms. The van der Waals surface area contributed by atoms with Crippen LogP contribution in [-0.2, 0) is 0 Å². The van der Waals surface area contributed by atoms with Gasteiger partial charge in [-0.2, -0.15) is 0 Å². The first kappa shape index (κ1) is 16.3. The normalized spacial score (nSPS) is 32.2. The zero-order chi connectivity index (χ0) is 14.8. The van der Waals surface area contributed by atoms with Crippen LogP contribution in [0.25, 0.3) is 0 Å². The van der Waals surface area contributed by atoms with Crippen molar-refractivity contribution in [1.82, 2.24) is 10.2 Å². The minimum atomic E-state index is 0.368. The van der Waals surface area contributed by atoms with E-state index in [0.29, 0.717) is 11.5 Å². The Labute approximate surface area is 126 Å². The number of piperazine rings is 1. The van der Waals surface area contributed by atoms with Crippen LogP contribution in [0.4, 0.5) is 0 Å². The second-order valence-corrected chi connectivity index (χ2v) is 8.27. The predicted molar refractivity (Wildman–Crippen MR) is 88.1 cm³/mol. The summed E-state index contributed by atoms with van der Waals surface area (Å²) in [6.45, 7) is 14.4. The third-order valence-corrected chi connectivity index (χ3v) is 5.78. The molecule has 1 heterocycles. The molecule has 1 saturated carbocycles. The summed E-state index contributed by atoms with van der Waals surface area (Å²) < 4.78 is 0. The molecule has 2 rings (SSSR count). The molecule has 0 aromatic rings. The largest absolute Gasteiger partial charge is 0.311 e. The molecule has 1 aliphatic heterocycles. The maximum Gasteiger partial charge on any atom is 0.0249 e. The van der Waals surface area contributed by atoms with Gasteiger partial charge in [-0.3, -0.25) is 4.90 Å². The minimum Gasteiger partial charge on any atom is -0.311 e. The number of nitrogens with one attached hydrogen (secondary N) is 1. The van der Waals surface area contributed by atoms with Crippen LogP contribution < -0.4 is 5.32 Å². The van der Waals surface area contributed by atoms with E-state index in [1.54, 1.807) is 0 Å². The van der Waals surface area contributed by atoms with Gasteiger partial charge in [0.15, 0.2) is 0 Å². The van der Waals surface area contributed by atoms with Crippen LogP contribution in [0, 0.1) is 11.3 Å². The summed E-state index contributed by atoms with van der Waals surface area (Å²) >= 11 is 0. The molecule has 0 radical (unpaired) electrons. The molecule has 0 aromatic heterocycles. The number of nitrogens with zero attached hydrogens (tertiary/aromatic N) is 1. The van der Waals surface area contributed by atoms with Gasteiger partial charge < -0.3 is 5.32 Å². The maximum absolute atomic E-state index is 3.85. The highest BCUT2D eigenvalue weighted by molar-refractivity contribution is 4.96. The molecule has 2 heteroatoms. The number of hydrogen-bond donors (Lipinski definition) is 1. The maximum atomic E-state index is 3.85. The SMILES string of the molecule is CCC(C)C1CNC(C(C)(C)C)CN1C1CCCCC1. The molecule has 3 atom stereocenters. The molecule has 1 N–H and O–H groups in total. The van der Waals surface area contributed by atoms with Crippen LogP contribution in [0.2, 0.25) is 0 Å². The average molecular weight is 280 g/mol. The Bertz CT molecular complexity index is 288. The van der Waals surface area contributed by atoms with Gasteiger partial charge in [-0.15, -0.1) is 0 Å². The third-order valence-electron chi connectivity index (χ3n) is 5.78. The van der Waals surface area contributed by atoms with Crippen LogP contribution in [0.3, 0.4) is 0 Å². The van der Waals surface area contributed by atoms with Crippen LogP contribution >= 0.6 is 0 Å². The van der Waals surface area contributed by atoms with Crippen LogP contribution in [0.5, 0.6) is 0 Å². The lowest BCUT2D eigenvalue weighted by Gasteiger charge is -2.50. The number of rotatable bonds is 3. The molecule has 1 aliphatic carbocycles. The average Bonchev–Trinajstić information content (AvgIpc) is 2.46. The Morgan fingerprint density at radius 2 is 1.80 bits per heavy atom. The first-order valence-electron chi connectivity index (χ1n) is 8.92. The van der Waals surface area contributed by atoms with Gasteiger partial charge in [0.25, 0.3) is 0 Å². The van der Waals surface area contributed by atoms with Crippen molar-refractivity contribution in [2.24, 2.45) is 11.3 Å². The van der Waals surface area contributed by atoms with Crippen molar-refractivity contribution in [3.63, 3.8) is 0 Å². The summed E-state index contributed by atoms with van der Waals surface area (Å²) in [5.41, 5.74) is 0.368. The van der Waals surface area contributed by atoms with E-state index in [4.69, 9.17) is 0 Å². The lowest BCUT2D eigenvalue weighted by atomic mass is 9.81. The summed E-state index contributed by atoms with van der Waals surface area (Å²) in [5, 5.41) is 3.85. The lowest BCUT2D eigenvalue weighted by molar-refractivity contribution is 0.0125. The van der Waals surface area contributed by atoms with Crippen molar-refractivity contribution in [1.29, 1.82) is 0 Å². The fraction of sp³-hybridized carbons (Fsp3) is 1.00. The molecule has 2 fully saturated rings. The first-order valence-corrected chi connectivity index (χ1v) is 8.92. The van der Waals surface area contributed by atoms with Gasteiger partial charge in [0.1, 0.15) is 0 Å². The first-order chi connectivity index (χ1) is 9.43. The fourth-order valence-corrected chi connectivity index (χ4v) is 4.00. The minimum absolute atomic E-state index is 0.368. The Morgan fingerprint density at radius 1 is 1.15 bits per heavy atom. The van der Waals surface area contributed by atoms with E-state index in [1.807, 2.05) is 0 Å². The molecule has 118 valence electrons. The molecule has 2 nitrogen and oxygen atoms in total. The van der Waals surface area contributed by atoms with Crippen LogP contribution in [0.15, 0.2) is 0 Å². The molecular weight excluding hydrogens is 244 g/mol. The molecule has 0 aromatic carbocycles. The van der Waals surface area contributed by atoms with Crippen molar-refractivity contribution in [2.75, 3.05) is 13.1 Å². The summed E-state index contributed by atoms with van der Waals surface area (Å²) in [5.74, 6) is 0.811. The highest BCUT2D eigenvalue weighted by Crippen LogP contribution is 2.32. The molecule has 3 unspecified atom stereocenters. The van der Waals surface area contributed by atoms with E-state index in [1.165, 1.54) is 51.6 Å². The predicted octanol–water partition coefficient (Wildman–Crippen LogP) is 4.05. The zero-order valence-corrected chi connectivity index (χ0v) is 14.4. The summed E-state index contributed by atoms with van der Waals surface area (Å²) in [4.78, 5) is 2.90. The van der Waals surface area contributed by atoms with Gasteiger partial charge in [-0.1, -0.05) is 60.3 Å². The van der Waals surface area contributed by atoms with Crippen molar-refractivity contribution in [3.8, 4) is 0 Å². The summed E-state index contributed by atoms with van der Waals surface area (Å²) in [7, 11) is 0. The topological polar surface area (TPSA) is 15.3 Å². The highest BCUT2D eigenvalue weighted by atomic mass is 15.3. The fourth-order valence-electron chi connectivity index (χ4n) is 4.00. The van der Waals surface area contributed by atoms with E-state index in [-0.39, 0.29) is 0 Å². The van der Waals surface area contributed by atoms with Crippen LogP contribution in [0.1, 0.15) is 73.1 Å². The molecule has 20 heavy (non-hydrogen) atoms. The van der Waals surface area contributed by atoms with E-state index in [0.717, 1.165) is 18.0 Å². The Kier molecular flexibility index (Phi) is 5.53. The van der Waals surface area contributed by atoms with Crippen molar-refractivity contribution in [2.45, 2.75) is 91.3 Å². The standard InChI is InChI=1S/C18H36N2/c1-6-14(2)16-12-19-17(18(3,4)5)13-20(16)15-10-8-7-9-11-15/h14-17,19H,6-13H2,1-5H3. The molecule has 2 aliphatic rings. The molecular formula is C18H36N2. The van der Waals surface area contributed by atoms with E-state index in [9.17, 15) is 0 Å². The quantitative estimate of drug-likeness (QED) is 0.839. The molecule has 1 saturated heterocycles. The van der Waals surface area contributed by atoms with Gasteiger partial charge in [-0.25, -0.2) is 0 Å². The van der Waals surface area contributed by atoms with E-state index < -0.39 is 0 Å². The van der Waals surface area contributed by atoms with Gasteiger partial charge in [0.2, 0.25) is 0 Å². The zero-order valence-electron chi connectivity index (χ0n) is 14.4. The number of hydrogen-bond acceptors (Lipinski definition) is 2.